The first-order valence-electron chi connectivity index (χ1n) is 15.3. The second kappa shape index (κ2) is 16.8. The first kappa shape index (κ1) is 42.5. The number of nitrogens with two attached hydrogens (primary N) is 2. The summed E-state index contributed by atoms with van der Waals surface area (Å²) in [5.74, 6) is 9.18. The number of rotatable bonds is 10. The van der Waals surface area contributed by atoms with Gasteiger partial charge in [-0.1, -0.05) is 30.0 Å². The van der Waals surface area contributed by atoms with Crippen molar-refractivity contribution in [2.75, 3.05) is 16.0 Å². The molecule has 8 N–H and O–H groups in total. The molecule has 21 nitrogen and oxygen atoms in total. The quantitative estimate of drug-likeness (QED) is 0.0536. The summed E-state index contributed by atoms with van der Waals surface area (Å²) in [6.45, 7) is 0. The van der Waals surface area contributed by atoms with Gasteiger partial charge in [-0.05, 0) is 46.4 Å². The second-order valence-electron chi connectivity index (χ2n) is 11.3. The van der Waals surface area contributed by atoms with Crippen molar-refractivity contribution in [3.8, 4) is 17.1 Å². The Morgan fingerprint density at radius 2 is 1.42 bits per heavy atom. The number of hydrogen-bond acceptors (Lipinski definition) is 20. The second-order valence-corrected chi connectivity index (χ2v) is 14.8. The monoisotopic (exact) mass is 845 g/mol. The van der Waals surface area contributed by atoms with Gasteiger partial charge in [-0.3, -0.25) is 9.59 Å². The molecule has 7 rings (SSSR count). The fraction of sp³-hybridized carbons (Fsp3) is 0.0312. The Kier molecular flexibility index (Phi) is 12.5. The maximum atomic E-state index is 14.0. The molecule has 6 aromatic rings. The van der Waals surface area contributed by atoms with Crippen LogP contribution in [0.3, 0.4) is 0 Å². The molecule has 0 atom stereocenters. The molecule has 25 heteroatoms. The van der Waals surface area contributed by atoms with Crippen LogP contribution in [0.2, 0.25) is 0 Å². The number of aryl methyl sites for hydroxylation is 1. The van der Waals surface area contributed by atoms with Crippen LogP contribution in [0, 0.1) is 6.07 Å². The number of ketones is 1. The van der Waals surface area contributed by atoms with Crippen LogP contribution < -0.4 is 62.9 Å². The summed E-state index contributed by atoms with van der Waals surface area (Å²) in [4.78, 5) is 38.0. The number of nitrogens with zero attached hydrogens (tertiary/aromatic N) is 4. The normalized spacial score (nSPS) is 11.7. The molecule has 2 aromatic heterocycles. The van der Waals surface area contributed by atoms with Crippen LogP contribution in [0.1, 0.15) is 15.9 Å². The molecule has 0 saturated heterocycles. The van der Waals surface area contributed by atoms with E-state index in [-0.39, 0.29) is 86.0 Å². The number of aromatic nitrogens is 4. The number of benzene rings is 4. The van der Waals surface area contributed by atoms with Crippen molar-refractivity contribution in [2.24, 2.45) is 18.8 Å². The van der Waals surface area contributed by atoms with Crippen molar-refractivity contribution < 1.29 is 77.5 Å². The van der Waals surface area contributed by atoms with Crippen LogP contribution >= 0.6 is 0 Å². The van der Waals surface area contributed by atoms with Gasteiger partial charge in [0.2, 0.25) is 11.9 Å². The standard InChI is InChI=1S/C32H24N9O9S2.Na.O3S/c1-41-24-11-10-22(28-27(24)21(15-26(41)42)19-7-2-3-8-20(19)29(28)43)37-23-14-17(9-12-25(23)52(47,48)50-34)36-31-38-30(39-32(44)40-31)35-16-5-4-6-18(13-16)51(45,46)49-33;;1-4(2)3/h2-4,6-15,37H,33-34H2,1H3,(H3,35,36,38,39,40,44);;/q-1;+1;. The Morgan fingerprint density at radius 1 is 0.772 bits per heavy atom. The van der Waals surface area contributed by atoms with Gasteiger partial charge < -0.3 is 25.6 Å². The maximum Gasteiger partial charge on any atom is 1.00 e. The van der Waals surface area contributed by atoms with E-state index in [2.05, 4.69) is 45.5 Å². The number of anilines is 6. The average Bonchev–Trinajstić information content (AvgIpc) is 3.15. The molecule has 4 aromatic carbocycles. The zero-order chi connectivity index (χ0) is 40.5. The Labute approximate surface area is 345 Å². The minimum absolute atomic E-state index is 0. The van der Waals surface area contributed by atoms with Gasteiger partial charge in [-0.25, -0.2) is 0 Å². The van der Waals surface area contributed by atoms with E-state index in [1.807, 2.05) is 0 Å². The van der Waals surface area contributed by atoms with Gasteiger partial charge >= 0.3 is 56.3 Å². The minimum Gasteiger partial charge on any atom is -0.479 e. The van der Waals surface area contributed by atoms with Crippen molar-refractivity contribution in [1.82, 2.24) is 19.5 Å². The van der Waals surface area contributed by atoms with Gasteiger partial charge in [-0.2, -0.15) is 64.3 Å². The van der Waals surface area contributed by atoms with Gasteiger partial charge in [0.05, 0.1) is 22.5 Å². The third kappa shape index (κ3) is 8.84. The van der Waals surface area contributed by atoms with Crippen LogP contribution in [0.4, 0.5) is 34.6 Å². The average molecular weight is 846 g/mol. The Balaban J connectivity index is 0.00000119. The molecule has 0 amide bonds. The summed E-state index contributed by atoms with van der Waals surface area (Å²) in [6, 6.07) is 20.9. The van der Waals surface area contributed by atoms with Gasteiger partial charge in [-0.15, -0.1) is 24.8 Å². The van der Waals surface area contributed by atoms with Crippen LogP contribution in [0.15, 0.2) is 93.4 Å². The van der Waals surface area contributed by atoms with E-state index in [1.165, 1.54) is 41.0 Å². The molecule has 0 saturated carbocycles. The van der Waals surface area contributed by atoms with Gasteiger partial charge in [0.1, 0.15) is 4.90 Å². The van der Waals surface area contributed by atoms with Crippen LogP contribution in [0.25, 0.3) is 22.0 Å². The molecule has 0 bridgehead atoms. The number of carbonyl (C=O) groups excluding carboxylic acids is 1. The van der Waals surface area contributed by atoms with Crippen LogP contribution in [-0.2, 0) is 46.5 Å². The van der Waals surface area contributed by atoms with Gasteiger partial charge in [0.15, 0.2) is 5.78 Å². The molecule has 0 radical (unpaired) electrons. The number of fused-ring (bicyclic) bond motifs is 2. The molecule has 1 aliphatic rings. The molecule has 2 heterocycles. The number of nitrogens with one attached hydrogen (secondary N) is 3. The van der Waals surface area contributed by atoms with E-state index in [0.29, 0.717) is 27.6 Å². The van der Waals surface area contributed by atoms with E-state index in [0.717, 1.165) is 6.07 Å². The van der Waals surface area contributed by atoms with E-state index in [9.17, 15) is 31.5 Å². The number of carbonyl (C=O) groups is 1. The minimum atomic E-state index is -4.53. The van der Waals surface area contributed by atoms with Crippen molar-refractivity contribution in [3.05, 3.63) is 106 Å². The summed E-state index contributed by atoms with van der Waals surface area (Å²) >= 11 is 0. The predicted octanol–water partition coefficient (Wildman–Crippen LogP) is -1.17. The molecule has 0 spiro atoms. The van der Waals surface area contributed by atoms with Crippen molar-refractivity contribution >= 4 is 82.2 Å². The number of pyridine rings is 1. The summed E-state index contributed by atoms with van der Waals surface area (Å²) in [7, 11) is -10.3. The zero-order valence-corrected chi connectivity index (χ0v) is 33.6. The van der Waals surface area contributed by atoms with Crippen LogP contribution in [-0.4, -0.2) is 59.9 Å². The molecular formula is C32H24N9NaO12S3. The molecule has 0 fully saturated rings. The van der Waals surface area contributed by atoms with Crippen molar-refractivity contribution in [1.29, 1.82) is 0 Å². The van der Waals surface area contributed by atoms with Gasteiger partial charge in [0.25, 0.3) is 15.7 Å². The fourth-order valence-electron chi connectivity index (χ4n) is 5.73. The topological polar surface area (TPSA) is 324 Å². The van der Waals surface area contributed by atoms with Crippen molar-refractivity contribution in [2.45, 2.75) is 9.79 Å². The fourth-order valence-corrected chi connectivity index (χ4v) is 7.06. The molecule has 0 aliphatic heterocycles. The smallest absolute Gasteiger partial charge is 0.479 e. The van der Waals surface area contributed by atoms with Crippen molar-refractivity contribution in [3.63, 3.8) is 0 Å². The molecule has 288 valence electrons. The maximum absolute atomic E-state index is 14.0. The Hall–Kier alpha value is -5.67. The summed E-state index contributed by atoms with van der Waals surface area (Å²) < 4.78 is 85.0. The summed E-state index contributed by atoms with van der Waals surface area (Å²) in [5.41, 5.74) is 2.25. The molecule has 1 aliphatic carbocycles. The first-order chi connectivity index (χ1) is 26.5. The number of hydrogen-bond donors (Lipinski definition) is 6. The number of aromatic hydroxyl groups is 1. The van der Waals surface area contributed by atoms with E-state index in [1.54, 1.807) is 43.4 Å². The predicted molar refractivity (Wildman–Crippen MR) is 196 cm³/mol. The van der Waals surface area contributed by atoms with E-state index >= 15 is 0 Å². The zero-order valence-electron chi connectivity index (χ0n) is 29.1. The third-order valence-corrected chi connectivity index (χ3v) is 10.3. The Bertz CT molecular complexity index is 3000. The molecular weight excluding hydrogens is 822 g/mol. The summed E-state index contributed by atoms with van der Waals surface area (Å²) in [6.07, 6.45) is 0. The SMILES string of the molecule is Cn1c(=O)cc2c3c(c(Nc4cc(Nc5nc(O)nc(Nc6[c-]ccc(S(=O)(=O)ON)c6)n5)ccc4S(=O)(=O)ON)ccc31)C(=O)c1ccccc1-2.O=S(=O)=O.[Na+]. The first-order valence-corrected chi connectivity index (χ1v) is 19.1. The van der Waals surface area contributed by atoms with Gasteiger partial charge in [0, 0.05) is 29.8 Å². The third-order valence-electron chi connectivity index (χ3n) is 8.06. The van der Waals surface area contributed by atoms with E-state index < -0.39 is 41.8 Å². The summed E-state index contributed by atoms with van der Waals surface area (Å²) in [5, 5.41) is 19.3. The van der Waals surface area contributed by atoms with Crippen LogP contribution in [0.5, 0.6) is 6.01 Å². The Morgan fingerprint density at radius 3 is 2.09 bits per heavy atom. The van der Waals surface area contributed by atoms with E-state index in [4.69, 9.17) is 24.4 Å². The molecule has 57 heavy (non-hydrogen) atoms. The largest absolute Gasteiger partial charge is 1.00 e. The molecule has 0 unspecified atom stereocenters.